The van der Waals surface area contributed by atoms with Crippen LogP contribution in [0, 0.1) is 13.8 Å². The zero-order chi connectivity index (χ0) is 14.5. The van der Waals surface area contributed by atoms with Crippen LogP contribution in [0.1, 0.15) is 29.7 Å². The molecular formula is C16H21N3O. The van der Waals surface area contributed by atoms with Crippen molar-refractivity contribution in [2.45, 2.75) is 33.4 Å². The maximum atomic E-state index is 11.7. The molecule has 0 aliphatic carbocycles. The number of hydrogen-bond acceptors (Lipinski definition) is 3. The number of rotatable bonds is 5. The molecule has 1 N–H and O–H groups in total. The number of benzene rings is 1. The third kappa shape index (κ3) is 3.54. The Morgan fingerprint density at radius 1 is 1.25 bits per heavy atom. The minimum atomic E-state index is -0.209. The molecule has 2 rings (SSSR count). The lowest BCUT2D eigenvalue weighted by Crippen LogP contribution is -2.31. The Hall–Kier alpha value is -1.94. The predicted octanol–water partition coefficient (Wildman–Crippen LogP) is 2.21. The number of aromatic nitrogens is 2. The van der Waals surface area contributed by atoms with Crippen LogP contribution in [0.4, 0.5) is 0 Å². The van der Waals surface area contributed by atoms with Gasteiger partial charge in [0, 0.05) is 18.9 Å². The molecule has 0 amide bonds. The molecule has 1 heterocycles. The minimum absolute atomic E-state index is 0.112. The van der Waals surface area contributed by atoms with E-state index in [9.17, 15) is 4.79 Å². The largest absolute Gasteiger partial charge is 0.347 e. The summed E-state index contributed by atoms with van der Waals surface area (Å²) in [5.41, 5.74) is 3.47. The van der Waals surface area contributed by atoms with Crippen molar-refractivity contribution in [3.05, 3.63) is 63.8 Å². The van der Waals surface area contributed by atoms with Gasteiger partial charge in [-0.2, -0.15) is 0 Å². The van der Waals surface area contributed by atoms with E-state index in [0.717, 1.165) is 6.54 Å². The quantitative estimate of drug-likeness (QED) is 0.907. The molecule has 4 nitrogen and oxygen atoms in total. The van der Waals surface area contributed by atoms with E-state index < -0.39 is 0 Å². The van der Waals surface area contributed by atoms with Crippen LogP contribution in [0.2, 0.25) is 0 Å². The summed E-state index contributed by atoms with van der Waals surface area (Å²) in [5, 5.41) is 3.44. The standard InChI is InChI=1S/C16H21N3O/c1-4-17-15(11-19-7-5-6-18-16(19)20)14-9-12(2)8-13(3)10-14/h5-10,15,17H,4,11H2,1-3H3. The van der Waals surface area contributed by atoms with Crippen molar-refractivity contribution in [1.82, 2.24) is 14.9 Å². The molecule has 1 unspecified atom stereocenters. The van der Waals surface area contributed by atoms with Gasteiger partial charge >= 0.3 is 5.69 Å². The summed E-state index contributed by atoms with van der Waals surface area (Å²) < 4.78 is 1.64. The first-order valence-electron chi connectivity index (χ1n) is 6.93. The molecule has 1 aromatic heterocycles. The lowest BCUT2D eigenvalue weighted by atomic mass is 10.0. The van der Waals surface area contributed by atoms with Crippen LogP contribution in [0.3, 0.4) is 0 Å². The summed E-state index contributed by atoms with van der Waals surface area (Å²) in [5.74, 6) is 0. The SMILES string of the molecule is CCNC(Cn1cccnc1=O)c1cc(C)cc(C)c1. The van der Waals surface area contributed by atoms with Gasteiger partial charge in [0.05, 0.1) is 6.04 Å². The zero-order valence-electron chi connectivity index (χ0n) is 12.3. The van der Waals surface area contributed by atoms with Gasteiger partial charge in [-0.3, -0.25) is 4.57 Å². The van der Waals surface area contributed by atoms with E-state index >= 15 is 0 Å². The van der Waals surface area contributed by atoms with Gasteiger partial charge in [-0.15, -0.1) is 0 Å². The van der Waals surface area contributed by atoms with Crippen LogP contribution < -0.4 is 11.0 Å². The Bertz CT molecular complexity index is 613. The summed E-state index contributed by atoms with van der Waals surface area (Å²) in [6.07, 6.45) is 3.31. The fraction of sp³-hybridized carbons (Fsp3) is 0.375. The highest BCUT2D eigenvalue weighted by molar-refractivity contribution is 5.30. The van der Waals surface area contributed by atoms with E-state index in [1.54, 1.807) is 16.8 Å². The second-order valence-electron chi connectivity index (χ2n) is 5.09. The van der Waals surface area contributed by atoms with E-state index in [1.807, 2.05) is 0 Å². The number of nitrogens with zero attached hydrogens (tertiary/aromatic N) is 2. The van der Waals surface area contributed by atoms with E-state index in [0.29, 0.717) is 6.54 Å². The third-order valence-corrected chi connectivity index (χ3v) is 3.26. The van der Waals surface area contributed by atoms with Crippen LogP contribution in [0.25, 0.3) is 0 Å². The molecule has 20 heavy (non-hydrogen) atoms. The highest BCUT2D eigenvalue weighted by atomic mass is 16.1. The van der Waals surface area contributed by atoms with Crippen LogP contribution in [-0.2, 0) is 6.54 Å². The minimum Gasteiger partial charge on any atom is -0.309 e. The van der Waals surface area contributed by atoms with E-state index in [2.05, 4.69) is 49.3 Å². The average molecular weight is 271 g/mol. The van der Waals surface area contributed by atoms with Crippen molar-refractivity contribution in [1.29, 1.82) is 0 Å². The molecule has 1 atom stereocenters. The summed E-state index contributed by atoms with van der Waals surface area (Å²) in [4.78, 5) is 15.5. The molecule has 2 aromatic rings. The van der Waals surface area contributed by atoms with Gasteiger partial charge in [0.15, 0.2) is 0 Å². The van der Waals surface area contributed by atoms with Gasteiger partial charge in [-0.25, -0.2) is 9.78 Å². The Morgan fingerprint density at radius 3 is 2.55 bits per heavy atom. The Labute approximate surface area is 119 Å². The van der Waals surface area contributed by atoms with Crippen LogP contribution in [-0.4, -0.2) is 16.1 Å². The van der Waals surface area contributed by atoms with Gasteiger partial charge in [0.1, 0.15) is 0 Å². The molecule has 106 valence electrons. The number of aryl methyl sites for hydroxylation is 2. The van der Waals surface area contributed by atoms with Gasteiger partial charge in [0.25, 0.3) is 0 Å². The highest BCUT2D eigenvalue weighted by Crippen LogP contribution is 2.18. The second-order valence-corrected chi connectivity index (χ2v) is 5.09. The molecule has 0 bridgehead atoms. The Balaban J connectivity index is 2.31. The fourth-order valence-electron chi connectivity index (χ4n) is 2.47. The topological polar surface area (TPSA) is 46.9 Å². The predicted molar refractivity (Wildman–Crippen MR) is 80.8 cm³/mol. The molecule has 0 radical (unpaired) electrons. The molecule has 0 aliphatic rings. The fourth-order valence-corrected chi connectivity index (χ4v) is 2.47. The van der Waals surface area contributed by atoms with Gasteiger partial charge in [0.2, 0.25) is 0 Å². The molecule has 0 fully saturated rings. The number of likely N-dealkylation sites (N-methyl/N-ethyl adjacent to an activating group) is 1. The third-order valence-electron chi connectivity index (χ3n) is 3.26. The van der Waals surface area contributed by atoms with Gasteiger partial charge < -0.3 is 5.32 Å². The lowest BCUT2D eigenvalue weighted by molar-refractivity contribution is 0.462. The molecule has 4 heteroatoms. The molecule has 0 spiro atoms. The Morgan fingerprint density at radius 2 is 1.95 bits per heavy atom. The average Bonchev–Trinajstić information content (AvgIpc) is 2.39. The number of hydrogen-bond donors (Lipinski definition) is 1. The van der Waals surface area contributed by atoms with Crippen molar-refractivity contribution in [2.75, 3.05) is 6.54 Å². The molecule has 0 saturated carbocycles. The lowest BCUT2D eigenvalue weighted by Gasteiger charge is -2.20. The maximum Gasteiger partial charge on any atom is 0.347 e. The maximum absolute atomic E-state index is 11.7. The van der Waals surface area contributed by atoms with Crippen LogP contribution >= 0.6 is 0 Å². The molecule has 0 saturated heterocycles. The van der Waals surface area contributed by atoms with Crippen LogP contribution in [0.15, 0.2) is 41.5 Å². The monoisotopic (exact) mass is 271 g/mol. The summed E-state index contributed by atoms with van der Waals surface area (Å²) in [7, 11) is 0. The van der Waals surface area contributed by atoms with Crippen molar-refractivity contribution < 1.29 is 0 Å². The normalized spacial score (nSPS) is 12.3. The van der Waals surface area contributed by atoms with E-state index in [4.69, 9.17) is 0 Å². The summed E-state index contributed by atoms with van der Waals surface area (Å²) >= 11 is 0. The van der Waals surface area contributed by atoms with Crippen molar-refractivity contribution in [2.24, 2.45) is 0 Å². The summed E-state index contributed by atoms with van der Waals surface area (Å²) in [6.45, 7) is 7.70. The second kappa shape index (κ2) is 6.48. The highest BCUT2D eigenvalue weighted by Gasteiger charge is 2.12. The Kier molecular flexibility index (Phi) is 4.69. The molecule has 0 aliphatic heterocycles. The van der Waals surface area contributed by atoms with E-state index in [-0.39, 0.29) is 11.7 Å². The molecule has 1 aromatic carbocycles. The zero-order valence-corrected chi connectivity index (χ0v) is 12.3. The first-order valence-corrected chi connectivity index (χ1v) is 6.93. The van der Waals surface area contributed by atoms with Crippen molar-refractivity contribution >= 4 is 0 Å². The van der Waals surface area contributed by atoms with Crippen molar-refractivity contribution in [3.63, 3.8) is 0 Å². The van der Waals surface area contributed by atoms with Gasteiger partial charge in [-0.05, 0) is 32.0 Å². The van der Waals surface area contributed by atoms with Gasteiger partial charge in [-0.1, -0.05) is 36.2 Å². The first-order chi connectivity index (χ1) is 9.60. The smallest absolute Gasteiger partial charge is 0.309 e. The van der Waals surface area contributed by atoms with E-state index in [1.165, 1.54) is 22.9 Å². The number of nitrogens with one attached hydrogen (secondary N) is 1. The molecular weight excluding hydrogens is 250 g/mol. The first kappa shape index (κ1) is 14.5. The summed E-state index contributed by atoms with van der Waals surface area (Å²) in [6, 6.07) is 8.39. The van der Waals surface area contributed by atoms with Crippen molar-refractivity contribution in [3.8, 4) is 0 Å². The van der Waals surface area contributed by atoms with Crippen LogP contribution in [0.5, 0.6) is 0 Å².